The van der Waals surface area contributed by atoms with E-state index < -0.39 is 9.84 Å². The first-order chi connectivity index (χ1) is 15.7. The first-order valence-electron chi connectivity index (χ1n) is 11.4. The van der Waals surface area contributed by atoms with E-state index in [1.165, 1.54) is 17.4 Å². The molecule has 0 bridgehead atoms. The van der Waals surface area contributed by atoms with Gasteiger partial charge in [0.2, 0.25) is 5.91 Å². The van der Waals surface area contributed by atoms with Crippen molar-refractivity contribution in [3.63, 3.8) is 0 Å². The number of aromatic nitrogens is 2. The molecular formula is C25H32N4O3S. The fraction of sp³-hybridized carbons (Fsp3) is 0.440. The number of para-hydroxylation sites is 2. The van der Waals surface area contributed by atoms with Gasteiger partial charge in [-0.25, -0.2) is 13.4 Å². The predicted molar refractivity (Wildman–Crippen MR) is 131 cm³/mol. The smallest absolute Gasteiger partial charge is 0.242 e. The summed E-state index contributed by atoms with van der Waals surface area (Å²) in [4.78, 5) is 21.8. The van der Waals surface area contributed by atoms with Crippen LogP contribution in [0.2, 0.25) is 0 Å². The number of benzene rings is 2. The summed E-state index contributed by atoms with van der Waals surface area (Å²) in [7, 11) is -3.27. The topological polar surface area (TPSA) is 75.5 Å². The highest BCUT2D eigenvalue weighted by molar-refractivity contribution is 7.89. The molecule has 0 unspecified atom stereocenters. The van der Waals surface area contributed by atoms with Gasteiger partial charge in [-0.05, 0) is 29.2 Å². The summed E-state index contributed by atoms with van der Waals surface area (Å²) in [6.45, 7) is 8.34. The van der Waals surface area contributed by atoms with Gasteiger partial charge in [-0.3, -0.25) is 9.69 Å². The van der Waals surface area contributed by atoms with Gasteiger partial charge in [0.15, 0.2) is 9.84 Å². The summed E-state index contributed by atoms with van der Waals surface area (Å²) in [5.74, 6) is 0.752. The van der Waals surface area contributed by atoms with Gasteiger partial charge < -0.3 is 9.47 Å². The molecule has 0 aliphatic carbocycles. The second-order valence-electron chi connectivity index (χ2n) is 9.23. The number of carbonyl (C=O) groups is 1. The molecule has 1 aliphatic rings. The van der Waals surface area contributed by atoms with Crippen LogP contribution in [0.3, 0.4) is 0 Å². The zero-order chi connectivity index (χ0) is 23.6. The molecule has 2 heterocycles. The van der Waals surface area contributed by atoms with Crippen LogP contribution in [-0.4, -0.2) is 66.1 Å². The zero-order valence-corrected chi connectivity index (χ0v) is 20.4. The van der Waals surface area contributed by atoms with E-state index in [9.17, 15) is 13.2 Å². The molecule has 3 aromatic rings. The molecule has 1 aliphatic heterocycles. The maximum absolute atomic E-state index is 13.1. The molecular weight excluding hydrogens is 436 g/mol. The summed E-state index contributed by atoms with van der Waals surface area (Å²) in [5, 5.41) is 0. The molecule has 2 aromatic carbocycles. The van der Waals surface area contributed by atoms with Crippen LogP contribution in [0.25, 0.3) is 11.0 Å². The molecule has 0 saturated carbocycles. The minimum Gasteiger partial charge on any atom is -0.339 e. The third kappa shape index (κ3) is 5.81. The Morgan fingerprint density at radius 1 is 1.00 bits per heavy atom. The lowest BCUT2D eigenvalue weighted by Gasteiger charge is -2.35. The van der Waals surface area contributed by atoms with Crippen LogP contribution in [0.5, 0.6) is 0 Å². The quantitative estimate of drug-likeness (QED) is 0.533. The Balaban J connectivity index is 1.39. The first-order valence-corrected chi connectivity index (χ1v) is 13.5. The van der Waals surface area contributed by atoms with E-state index in [2.05, 4.69) is 48.0 Å². The van der Waals surface area contributed by atoms with Crippen LogP contribution in [0.4, 0.5) is 0 Å². The largest absolute Gasteiger partial charge is 0.339 e. The number of rotatable bonds is 7. The normalized spacial score (nSPS) is 15.5. The average Bonchev–Trinajstić information content (AvgIpc) is 3.10. The predicted octanol–water partition coefficient (Wildman–Crippen LogP) is 3.05. The lowest BCUT2D eigenvalue weighted by molar-refractivity contribution is -0.133. The van der Waals surface area contributed by atoms with Gasteiger partial charge in [0.05, 0.1) is 11.0 Å². The van der Waals surface area contributed by atoms with E-state index in [-0.39, 0.29) is 18.2 Å². The minimum absolute atomic E-state index is 0.00570. The Bertz CT molecular complexity index is 1220. The number of nitrogens with zero attached hydrogens (tertiary/aromatic N) is 4. The van der Waals surface area contributed by atoms with Crippen molar-refractivity contribution in [1.82, 2.24) is 19.4 Å². The van der Waals surface area contributed by atoms with E-state index >= 15 is 0 Å². The van der Waals surface area contributed by atoms with E-state index in [4.69, 9.17) is 0 Å². The van der Waals surface area contributed by atoms with Crippen LogP contribution in [0.1, 0.15) is 36.7 Å². The Kier molecular flexibility index (Phi) is 6.86. The van der Waals surface area contributed by atoms with Gasteiger partial charge in [-0.1, -0.05) is 50.2 Å². The molecule has 8 heteroatoms. The van der Waals surface area contributed by atoms with Crippen molar-refractivity contribution >= 4 is 26.8 Å². The van der Waals surface area contributed by atoms with E-state index in [0.717, 1.165) is 25.2 Å². The van der Waals surface area contributed by atoms with Crippen molar-refractivity contribution < 1.29 is 13.2 Å². The van der Waals surface area contributed by atoms with Crippen molar-refractivity contribution in [2.24, 2.45) is 0 Å². The van der Waals surface area contributed by atoms with E-state index in [0.29, 0.717) is 30.3 Å². The average molecular weight is 469 g/mol. The number of hydrogen-bond donors (Lipinski definition) is 0. The van der Waals surface area contributed by atoms with Crippen molar-refractivity contribution in [1.29, 1.82) is 0 Å². The zero-order valence-electron chi connectivity index (χ0n) is 19.6. The molecule has 1 aromatic heterocycles. The fourth-order valence-electron chi connectivity index (χ4n) is 4.30. The molecule has 1 fully saturated rings. The van der Waals surface area contributed by atoms with Crippen molar-refractivity contribution in [3.8, 4) is 0 Å². The van der Waals surface area contributed by atoms with Gasteiger partial charge >= 0.3 is 0 Å². The number of hydrogen-bond acceptors (Lipinski definition) is 5. The molecule has 0 N–H and O–H groups in total. The van der Waals surface area contributed by atoms with Gasteiger partial charge in [0.1, 0.15) is 18.1 Å². The number of amides is 1. The second-order valence-corrected chi connectivity index (χ2v) is 11.4. The van der Waals surface area contributed by atoms with E-state index in [1.807, 2.05) is 29.2 Å². The monoisotopic (exact) mass is 468 g/mol. The number of imidazole rings is 1. The van der Waals surface area contributed by atoms with Crippen LogP contribution in [0, 0.1) is 0 Å². The molecule has 0 atom stereocenters. The summed E-state index contributed by atoms with van der Waals surface area (Å²) in [6, 6.07) is 16.2. The highest BCUT2D eigenvalue weighted by Gasteiger charge is 2.24. The molecule has 0 radical (unpaired) electrons. The summed E-state index contributed by atoms with van der Waals surface area (Å²) in [5.41, 5.74) is 4.12. The van der Waals surface area contributed by atoms with Crippen molar-refractivity contribution in [2.45, 2.75) is 38.6 Å². The lowest BCUT2D eigenvalue weighted by Crippen LogP contribution is -2.49. The Hall–Kier alpha value is -2.71. The molecule has 176 valence electrons. The summed E-state index contributed by atoms with van der Waals surface area (Å²) >= 11 is 0. The second kappa shape index (κ2) is 9.65. The SMILES string of the molecule is CC(C)c1ccc(CN2CCN(C(=O)Cn3c(CS(C)(=O)=O)nc4ccccc43)CC2)cc1. The third-order valence-electron chi connectivity index (χ3n) is 6.20. The number of piperazine rings is 1. The van der Waals surface area contributed by atoms with Gasteiger partial charge in [-0.15, -0.1) is 0 Å². The number of sulfone groups is 1. The Labute approximate surface area is 195 Å². The van der Waals surface area contributed by atoms with E-state index in [1.54, 1.807) is 4.57 Å². The van der Waals surface area contributed by atoms with Crippen LogP contribution in [-0.2, 0) is 33.5 Å². The maximum Gasteiger partial charge on any atom is 0.242 e. The van der Waals surface area contributed by atoms with Crippen molar-refractivity contribution in [2.75, 3.05) is 32.4 Å². The molecule has 4 rings (SSSR count). The first kappa shape index (κ1) is 23.4. The van der Waals surface area contributed by atoms with Crippen LogP contribution < -0.4 is 0 Å². The third-order valence-corrected chi connectivity index (χ3v) is 6.98. The lowest BCUT2D eigenvalue weighted by atomic mass is 10.0. The standard InChI is InChI=1S/C25H32N4O3S/c1-19(2)21-10-8-20(9-11-21)16-27-12-14-28(15-13-27)25(30)17-29-23-7-5-4-6-22(23)26-24(29)18-33(3,31)32/h4-11,19H,12-18H2,1-3H3. The maximum atomic E-state index is 13.1. The minimum atomic E-state index is -3.27. The molecule has 1 saturated heterocycles. The summed E-state index contributed by atoms with van der Waals surface area (Å²) in [6.07, 6.45) is 1.19. The van der Waals surface area contributed by atoms with Gasteiger partial charge in [-0.2, -0.15) is 0 Å². The highest BCUT2D eigenvalue weighted by atomic mass is 32.2. The Morgan fingerprint density at radius 3 is 2.30 bits per heavy atom. The molecule has 33 heavy (non-hydrogen) atoms. The van der Waals surface area contributed by atoms with Crippen LogP contribution >= 0.6 is 0 Å². The number of carbonyl (C=O) groups excluding carboxylic acids is 1. The molecule has 1 amide bonds. The van der Waals surface area contributed by atoms with Gasteiger partial charge in [0.25, 0.3) is 0 Å². The van der Waals surface area contributed by atoms with Crippen molar-refractivity contribution in [3.05, 3.63) is 65.5 Å². The Morgan fingerprint density at radius 2 is 1.67 bits per heavy atom. The highest BCUT2D eigenvalue weighted by Crippen LogP contribution is 2.19. The van der Waals surface area contributed by atoms with Crippen LogP contribution in [0.15, 0.2) is 48.5 Å². The fourth-order valence-corrected chi connectivity index (χ4v) is 4.99. The molecule has 7 nitrogen and oxygen atoms in total. The summed E-state index contributed by atoms with van der Waals surface area (Å²) < 4.78 is 25.6. The number of fused-ring (bicyclic) bond motifs is 1. The molecule has 0 spiro atoms. The van der Waals surface area contributed by atoms with Gasteiger partial charge in [0, 0.05) is 39.0 Å².